The molecule has 0 unspecified atom stereocenters. The van der Waals surface area contributed by atoms with Crippen molar-refractivity contribution in [3.63, 3.8) is 0 Å². The molecule has 5 nitrogen and oxygen atoms in total. The summed E-state index contributed by atoms with van der Waals surface area (Å²) in [7, 11) is 0. The highest BCUT2D eigenvalue weighted by molar-refractivity contribution is 5.96. The van der Waals surface area contributed by atoms with E-state index in [1.165, 1.54) is 24.3 Å². The van der Waals surface area contributed by atoms with Crippen LogP contribution in [0.1, 0.15) is 15.9 Å². The van der Waals surface area contributed by atoms with Gasteiger partial charge in [-0.3, -0.25) is 4.79 Å². The zero-order chi connectivity index (χ0) is 12.0. The Labute approximate surface area is 91.0 Å². The van der Waals surface area contributed by atoms with Gasteiger partial charge in [0, 0.05) is 17.0 Å². The first kappa shape index (κ1) is 11.7. The van der Waals surface area contributed by atoms with E-state index in [9.17, 15) is 9.18 Å². The summed E-state index contributed by atoms with van der Waals surface area (Å²) in [6, 6.07) is 3.66. The molecule has 6 heteroatoms. The van der Waals surface area contributed by atoms with Gasteiger partial charge in [0.2, 0.25) is 5.91 Å². The minimum atomic E-state index is -0.636. The lowest BCUT2D eigenvalue weighted by Crippen LogP contribution is -2.12. The van der Waals surface area contributed by atoms with Gasteiger partial charge >= 0.3 is 0 Å². The van der Waals surface area contributed by atoms with Gasteiger partial charge in [-0.25, -0.2) is 4.39 Å². The Morgan fingerprint density at radius 2 is 2.38 bits per heavy atom. The summed E-state index contributed by atoms with van der Waals surface area (Å²) in [5.74, 6) is -1.10. The quantitative estimate of drug-likeness (QED) is 0.470. The standard InChI is InChI=1S/C10H9FN4O/c11-8-3-4-9(10(12)16)7(6-8)2-1-5-14-15-13/h1-4,6H,5H2,(H2,12,16). The molecule has 1 amide bonds. The topological polar surface area (TPSA) is 91.8 Å². The molecule has 0 bridgehead atoms. The van der Waals surface area contributed by atoms with Gasteiger partial charge in [-0.05, 0) is 29.3 Å². The molecule has 0 heterocycles. The monoisotopic (exact) mass is 220 g/mol. The largest absolute Gasteiger partial charge is 0.366 e. The molecule has 0 saturated carbocycles. The lowest BCUT2D eigenvalue weighted by atomic mass is 10.1. The number of hydrogen-bond donors (Lipinski definition) is 1. The summed E-state index contributed by atoms with van der Waals surface area (Å²) in [5.41, 5.74) is 13.7. The lowest BCUT2D eigenvalue weighted by Gasteiger charge is -2.01. The molecular weight excluding hydrogens is 211 g/mol. The van der Waals surface area contributed by atoms with Crippen molar-refractivity contribution in [2.24, 2.45) is 10.8 Å². The van der Waals surface area contributed by atoms with E-state index in [-0.39, 0.29) is 12.1 Å². The van der Waals surface area contributed by atoms with Crippen molar-refractivity contribution in [1.82, 2.24) is 0 Å². The molecule has 1 aromatic carbocycles. The summed E-state index contributed by atoms with van der Waals surface area (Å²) in [6.45, 7) is 0.130. The highest BCUT2D eigenvalue weighted by atomic mass is 19.1. The molecule has 0 spiro atoms. The normalized spacial score (nSPS) is 10.1. The molecule has 0 fully saturated rings. The maximum Gasteiger partial charge on any atom is 0.249 e. The molecule has 0 saturated heterocycles. The van der Waals surface area contributed by atoms with Crippen LogP contribution < -0.4 is 5.73 Å². The number of nitrogens with two attached hydrogens (primary N) is 1. The first-order valence-corrected chi connectivity index (χ1v) is 4.42. The molecule has 0 aromatic heterocycles. The van der Waals surface area contributed by atoms with Crippen LogP contribution in [0.15, 0.2) is 29.4 Å². The Kier molecular flexibility index (Phi) is 4.06. The van der Waals surface area contributed by atoms with Crippen LogP contribution in [-0.4, -0.2) is 12.5 Å². The van der Waals surface area contributed by atoms with E-state index < -0.39 is 11.7 Å². The summed E-state index contributed by atoms with van der Waals surface area (Å²) in [6.07, 6.45) is 3.00. The van der Waals surface area contributed by atoms with E-state index >= 15 is 0 Å². The lowest BCUT2D eigenvalue weighted by molar-refractivity contribution is 0.1000. The summed E-state index contributed by atoms with van der Waals surface area (Å²) in [5, 5.41) is 3.27. The number of carbonyl (C=O) groups excluding carboxylic acids is 1. The average molecular weight is 220 g/mol. The van der Waals surface area contributed by atoms with Crippen molar-refractivity contribution in [3.05, 3.63) is 51.7 Å². The van der Waals surface area contributed by atoms with Gasteiger partial charge in [-0.1, -0.05) is 17.3 Å². The number of halogens is 1. The van der Waals surface area contributed by atoms with Gasteiger partial charge < -0.3 is 5.73 Å². The van der Waals surface area contributed by atoms with Crippen molar-refractivity contribution in [3.8, 4) is 0 Å². The predicted octanol–water partition coefficient (Wildman–Crippen LogP) is 2.25. The van der Waals surface area contributed by atoms with Gasteiger partial charge in [0.05, 0.1) is 0 Å². The number of benzene rings is 1. The second-order valence-electron chi connectivity index (χ2n) is 2.91. The molecule has 1 aromatic rings. The number of nitrogens with zero attached hydrogens (tertiary/aromatic N) is 3. The van der Waals surface area contributed by atoms with Crippen LogP contribution in [0, 0.1) is 5.82 Å². The maximum absolute atomic E-state index is 12.9. The fourth-order valence-electron chi connectivity index (χ4n) is 1.16. The van der Waals surface area contributed by atoms with Gasteiger partial charge in [-0.15, -0.1) is 0 Å². The highest BCUT2D eigenvalue weighted by Crippen LogP contribution is 2.12. The van der Waals surface area contributed by atoms with Crippen LogP contribution in [0.4, 0.5) is 4.39 Å². The van der Waals surface area contributed by atoms with Gasteiger partial charge in [0.25, 0.3) is 0 Å². The second-order valence-corrected chi connectivity index (χ2v) is 2.91. The van der Waals surface area contributed by atoms with E-state index in [0.29, 0.717) is 5.56 Å². The van der Waals surface area contributed by atoms with E-state index in [4.69, 9.17) is 11.3 Å². The molecule has 0 radical (unpaired) electrons. The van der Waals surface area contributed by atoms with Crippen LogP contribution in [0.5, 0.6) is 0 Å². The van der Waals surface area contributed by atoms with Crippen LogP contribution in [0.3, 0.4) is 0 Å². The van der Waals surface area contributed by atoms with E-state index in [0.717, 1.165) is 6.07 Å². The molecule has 0 aliphatic heterocycles. The molecular formula is C10H9FN4O. The first-order chi connectivity index (χ1) is 7.65. The SMILES string of the molecule is [N-]=[N+]=NCC=Cc1cc(F)ccc1C(N)=O. The minimum Gasteiger partial charge on any atom is -0.366 e. The fraction of sp³-hybridized carbons (Fsp3) is 0.100. The van der Waals surface area contributed by atoms with Crippen LogP contribution in [0.25, 0.3) is 16.5 Å². The Balaban J connectivity index is 3.00. The summed E-state index contributed by atoms with van der Waals surface area (Å²) < 4.78 is 12.9. The van der Waals surface area contributed by atoms with E-state index in [1.807, 2.05) is 0 Å². The number of rotatable bonds is 4. The van der Waals surface area contributed by atoms with Crippen molar-refractivity contribution < 1.29 is 9.18 Å². The minimum absolute atomic E-state index is 0.130. The second kappa shape index (κ2) is 5.53. The zero-order valence-electron chi connectivity index (χ0n) is 8.30. The van der Waals surface area contributed by atoms with E-state index in [1.54, 1.807) is 0 Å². The summed E-state index contributed by atoms with van der Waals surface area (Å²) >= 11 is 0. The molecule has 0 atom stereocenters. The summed E-state index contributed by atoms with van der Waals surface area (Å²) in [4.78, 5) is 13.6. The van der Waals surface area contributed by atoms with Gasteiger partial charge in [-0.2, -0.15) is 0 Å². The molecule has 16 heavy (non-hydrogen) atoms. The molecule has 0 aliphatic rings. The van der Waals surface area contributed by atoms with Crippen molar-refractivity contribution in [2.45, 2.75) is 0 Å². The number of carbonyl (C=O) groups is 1. The predicted molar refractivity (Wildman–Crippen MR) is 58.0 cm³/mol. The van der Waals surface area contributed by atoms with Crippen LogP contribution in [0.2, 0.25) is 0 Å². The number of amides is 1. The smallest absolute Gasteiger partial charge is 0.249 e. The maximum atomic E-state index is 12.9. The van der Waals surface area contributed by atoms with Crippen LogP contribution >= 0.6 is 0 Å². The Hall–Kier alpha value is -2.33. The molecule has 82 valence electrons. The molecule has 0 aliphatic carbocycles. The third-order valence-corrected chi connectivity index (χ3v) is 1.83. The zero-order valence-corrected chi connectivity index (χ0v) is 8.30. The van der Waals surface area contributed by atoms with Crippen molar-refractivity contribution in [1.29, 1.82) is 0 Å². The average Bonchev–Trinajstić information content (AvgIpc) is 2.24. The number of primary amides is 1. The Morgan fingerprint density at radius 1 is 1.62 bits per heavy atom. The number of azide groups is 1. The molecule has 1 rings (SSSR count). The third kappa shape index (κ3) is 3.11. The third-order valence-electron chi connectivity index (χ3n) is 1.83. The van der Waals surface area contributed by atoms with Crippen molar-refractivity contribution in [2.75, 3.05) is 6.54 Å². The first-order valence-electron chi connectivity index (χ1n) is 4.42. The molecule has 2 N–H and O–H groups in total. The fourth-order valence-corrected chi connectivity index (χ4v) is 1.16. The number of hydrogen-bond acceptors (Lipinski definition) is 2. The van der Waals surface area contributed by atoms with Crippen molar-refractivity contribution >= 4 is 12.0 Å². The van der Waals surface area contributed by atoms with Gasteiger partial charge in [0.15, 0.2) is 0 Å². The van der Waals surface area contributed by atoms with Gasteiger partial charge in [0.1, 0.15) is 5.82 Å². The Morgan fingerprint density at radius 3 is 3.00 bits per heavy atom. The Bertz CT molecular complexity index is 478. The highest BCUT2D eigenvalue weighted by Gasteiger charge is 2.06. The van der Waals surface area contributed by atoms with Crippen LogP contribution in [-0.2, 0) is 0 Å². The van der Waals surface area contributed by atoms with E-state index in [2.05, 4.69) is 10.0 Å².